The smallest absolute Gasteiger partial charge is 0.266 e. The van der Waals surface area contributed by atoms with E-state index in [9.17, 15) is 9.59 Å². The molecular weight excluding hydrogens is 306 g/mol. The van der Waals surface area contributed by atoms with Gasteiger partial charge in [0.25, 0.3) is 11.8 Å². The number of aryl methyl sites for hydroxylation is 1. The molecule has 0 radical (unpaired) electrons. The fourth-order valence-electron chi connectivity index (χ4n) is 2.84. The van der Waals surface area contributed by atoms with Gasteiger partial charge in [-0.3, -0.25) is 25.4 Å². The van der Waals surface area contributed by atoms with Crippen LogP contribution in [-0.4, -0.2) is 26.8 Å². The van der Waals surface area contributed by atoms with Crippen LogP contribution in [-0.2, 0) is 0 Å². The summed E-state index contributed by atoms with van der Waals surface area (Å²) in [5.74, 6) is 0.0839. The SMILES string of the molecule is Cc1cccnc1C(=O)NNC(=O)c1ccnc(C2CCCC2)n1. The molecular formula is C17H19N5O2. The van der Waals surface area contributed by atoms with Crippen LogP contribution < -0.4 is 10.9 Å². The molecule has 24 heavy (non-hydrogen) atoms. The van der Waals surface area contributed by atoms with Gasteiger partial charge < -0.3 is 0 Å². The molecule has 2 aromatic rings. The Kier molecular flexibility index (Phi) is 4.79. The van der Waals surface area contributed by atoms with Gasteiger partial charge in [-0.1, -0.05) is 18.9 Å². The Bertz CT molecular complexity index is 756. The Balaban J connectivity index is 1.64. The topological polar surface area (TPSA) is 96.9 Å². The fraction of sp³-hybridized carbons (Fsp3) is 0.353. The Morgan fingerprint density at radius 1 is 1.04 bits per heavy atom. The molecule has 2 amide bonds. The third-order valence-electron chi connectivity index (χ3n) is 4.14. The summed E-state index contributed by atoms with van der Waals surface area (Å²) in [7, 11) is 0. The summed E-state index contributed by atoms with van der Waals surface area (Å²) in [6, 6.07) is 5.06. The molecule has 1 aliphatic rings. The van der Waals surface area contributed by atoms with Crippen molar-refractivity contribution in [1.82, 2.24) is 25.8 Å². The predicted octanol–water partition coefficient (Wildman–Crippen LogP) is 1.91. The van der Waals surface area contributed by atoms with Crippen LogP contribution in [0.3, 0.4) is 0 Å². The number of aromatic nitrogens is 3. The Labute approximate surface area is 139 Å². The maximum atomic E-state index is 12.2. The molecule has 0 unspecified atom stereocenters. The molecule has 7 nitrogen and oxygen atoms in total. The molecule has 0 aliphatic heterocycles. The van der Waals surface area contributed by atoms with Gasteiger partial charge in [-0.05, 0) is 37.5 Å². The lowest BCUT2D eigenvalue weighted by Gasteiger charge is -2.10. The summed E-state index contributed by atoms with van der Waals surface area (Å²) in [5.41, 5.74) is 5.98. The van der Waals surface area contributed by atoms with Crippen LogP contribution in [0.4, 0.5) is 0 Å². The molecule has 0 atom stereocenters. The van der Waals surface area contributed by atoms with Gasteiger partial charge in [0.1, 0.15) is 17.2 Å². The summed E-state index contributed by atoms with van der Waals surface area (Å²) in [6.07, 6.45) is 7.57. The molecule has 0 bridgehead atoms. The van der Waals surface area contributed by atoms with Gasteiger partial charge in [-0.25, -0.2) is 9.97 Å². The second kappa shape index (κ2) is 7.16. The maximum Gasteiger partial charge on any atom is 0.288 e. The van der Waals surface area contributed by atoms with E-state index in [4.69, 9.17) is 0 Å². The number of hydrazine groups is 1. The first-order valence-corrected chi connectivity index (χ1v) is 8.00. The first-order valence-electron chi connectivity index (χ1n) is 8.00. The third kappa shape index (κ3) is 3.56. The predicted molar refractivity (Wildman–Crippen MR) is 87.1 cm³/mol. The zero-order chi connectivity index (χ0) is 16.9. The lowest BCUT2D eigenvalue weighted by Crippen LogP contribution is -2.42. The molecule has 2 heterocycles. The number of amides is 2. The second-order valence-corrected chi connectivity index (χ2v) is 5.86. The van der Waals surface area contributed by atoms with Crippen molar-refractivity contribution >= 4 is 11.8 Å². The van der Waals surface area contributed by atoms with Crippen LogP contribution >= 0.6 is 0 Å². The van der Waals surface area contributed by atoms with Crippen molar-refractivity contribution in [2.75, 3.05) is 0 Å². The Morgan fingerprint density at radius 2 is 1.79 bits per heavy atom. The van der Waals surface area contributed by atoms with E-state index in [0.717, 1.165) is 18.4 Å². The van der Waals surface area contributed by atoms with Crippen molar-refractivity contribution in [3.63, 3.8) is 0 Å². The minimum Gasteiger partial charge on any atom is -0.266 e. The lowest BCUT2D eigenvalue weighted by molar-refractivity contribution is 0.0840. The van der Waals surface area contributed by atoms with Gasteiger partial charge in [0.05, 0.1) is 0 Å². The van der Waals surface area contributed by atoms with E-state index in [1.54, 1.807) is 25.3 Å². The highest BCUT2D eigenvalue weighted by molar-refractivity contribution is 5.97. The van der Waals surface area contributed by atoms with Crippen LogP contribution in [0, 0.1) is 6.92 Å². The molecule has 0 aromatic carbocycles. The van der Waals surface area contributed by atoms with Crippen molar-refractivity contribution in [2.45, 2.75) is 38.5 Å². The van der Waals surface area contributed by atoms with Crippen LogP contribution in [0.15, 0.2) is 30.6 Å². The number of rotatable bonds is 3. The Morgan fingerprint density at radius 3 is 2.54 bits per heavy atom. The average Bonchev–Trinajstić information content (AvgIpc) is 3.14. The molecule has 2 N–H and O–H groups in total. The lowest BCUT2D eigenvalue weighted by atomic mass is 10.1. The van der Waals surface area contributed by atoms with Gasteiger partial charge in [0.15, 0.2) is 0 Å². The van der Waals surface area contributed by atoms with Crippen LogP contribution in [0.25, 0.3) is 0 Å². The number of carbonyl (C=O) groups is 2. The van der Waals surface area contributed by atoms with E-state index in [2.05, 4.69) is 25.8 Å². The van der Waals surface area contributed by atoms with Gasteiger partial charge in [-0.2, -0.15) is 0 Å². The summed E-state index contributed by atoms with van der Waals surface area (Å²) >= 11 is 0. The minimum absolute atomic E-state index is 0.241. The largest absolute Gasteiger partial charge is 0.288 e. The molecule has 7 heteroatoms. The normalized spacial score (nSPS) is 14.4. The minimum atomic E-state index is -0.474. The van der Waals surface area contributed by atoms with Gasteiger partial charge in [0.2, 0.25) is 0 Å². The first kappa shape index (κ1) is 16.0. The highest BCUT2D eigenvalue weighted by Crippen LogP contribution is 2.31. The van der Waals surface area contributed by atoms with Gasteiger partial charge in [-0.15, -0.1) is 0 Å². The zero-order valence-corrected chi connectivity index (χ0v) is 13.5. The quantitative estimate of drug-likeness (QED) is 0.840. The molecule has 0 spiro atoms. The molecule has 1 saturated carbocycles. The van der Waals surface area contributed by atoms with Crippen molar-refractivity contribution < 1.29 is 9.59 Å². The molecule has 0 saturated heterocycles. The van der Waals surface area contributed by atoms with E-state index >= 15 is 0 Å². The van der Waals surface area contributed by atoms with Crippen molar-refractivity contribution in [3.8, 4) is 0 Å². The fourth-order valence-corrected chi connectivity index (χ4v) is 2.84. The number of pyridine rings is 1. The standard InChI is InChI=1S/C17H19N5O2/c1-11-5-4-9-18-14(11)17(24)22-21-16(23)13-8-10-19-15(20-13)12-6-2-3-7-12/h4-5,8-10,12H,2-3,6-7H2,1H3,(H,21,23)(H,22,24). The monoisotopic (exact) mass is 325 g/mol. The molecule has 3 rings (SSSR count). The van der Waals surface area contributed by atoms with E-state index in [-0.39, 0.29) is 11.4 Å². The number of nitrogens with zero attached hydrogens (tertiary/aromatic N) is 3. The molecule has 2 aromatic heterocycles. The highest BCUT2D eigenvalue weighted by atomic mass is 16.2. The van der Waals surface area contributed by atoms with Crippen LogP contribution in [0.1, 0.15) is 64.0 Å². The summed E-state index contributed by atoms with van der Waals surface area (Å²) in [6.45, 7) is 1.78. The maximum absolute atomic E-state index is 12.2. The van der Waals surface area contributed by atoms with Gasteiger partial charge >= 0.3 is 0 Å². The third-order valence-corrected chi connectivity index (χ3v) is 4.14. The van der Waals surface area contributed by atoms with Crippen LogP contribution in [0.2, 0.25) is 0 Å². The van der Waals surface area contributed by atoms with E-state index in [1.165, 1.54) is 25.1 Å². The zero-order valence-electron chi connectivity index (χ0n) is 13.5. The van der Waals surface area contributed by atoms with E-state index in [0.29, 0.717) is 11.7 Å². The molecule has 124 valence electrons. The van der Waals surface area contributed by atoms with Crippen molar-refractivity contribution in [2.24, 2.45) is 0 Å². The summed E-state index contributed by atoms with van der Waals surface area (Å²) in [5, 5.41) is 0. The number of nitrogens with one attached hydrogen (secondary N) is 2. The molecule has 1 aliphatic carbocycles. The van der Waals surface area contributed by atoms with E-state index < -0.39 is 11.8 Å². The summed E-state index contributed by atoms with van der Waals surface area (Å²) < 4.78 is 0. The molecule has 1 fully saturated rings. The number of carbonyl (C=O) groups excluding carboxylic acids is 2. The van der Waals surface area contributed by atoms with E-state index in [1.807, 2.05) is 0 Å². The summed E-state index contributed by atoms with van der Waals surface area (Å²) in [4.78, 5) is 36.9. The average molecular weight is 325 g/mol. The van der Waals surface area contributed by atoms with Crippen LogP contribution in [0.5, 0.6) is 0 Å². The first-order chi connectivity index (χ1) is 11.6. The Hall–Kier alpha value is -2.83. The van der Waals surface area contributed by atoms with Gasteiger partial charge in [0, 0.05) is 18.3 Å². The highest BCUT2D eigenvalue weighted by Gasteiger charge is 2.21. The second-order valence-electron chi connectivity index (χ2n) is 5.86. The number of hydrogen-bond donors (Lipinski definition) is 2. The van der Waals surface area contributed by atoms with Crippen molar-refractivity contribution in [1.29, 1.82) is 0 Å². The number of hydrogen-bond acceptors (Lipinski definition) is 5. The van der Waals surface area contributed by atoms with Crippen molar-refractivity contribution in [3.05, 3.63) is 53.4 Å².